The van der Waals surface area contributed by atoms with Crippen LogP contribution < -0.4 is 10.9 Å². The van der Waals surface area contributed by atoms with Crippen molar-refractivity contribution in [3.05, 3.63) is 43.1 Å². The van der Waals surface area contributed by atoms with Crippen LogP contribution in [0.25, 0.3) is 10.2 Å². The monoisotopic (exact) mass is 445 g/mol. The van der Waals surface area contributed by atoms with Gasteiger partial charge in [0, 0.05) is 11.9 Å². The number of hydrogen-bond acceptors (Lipinski definition) is 7. The van der Waals surface area contributed by atoms with Gasteiger partial charge in [0.15, 0.2) is 0 Å². The van der Waals surface area contributed by atoms with E-state index in [-0.39, 0.29) is 18.1 Å². The normalized spacial score (nSPS) is 15.8. The minimum atomic E-state index is -0.400. The van der Waals surface area contributed by atoms with Crippen molar-refractivity contribution in [1.82, 2.24) is 9.55 Å². The maximum absolute atomic E-state index is 13.1. The van der Waals surface area contributed by atoms with Gasteiger partial charge < -0.3 is 14.6 Å². The Balaban J connectivity index is 1.74. The molecule has 0 saturated heterocycles. The van der Waals surface area contributed by atoms with Crippen LogP contribution >= 0.6 is 22.7 Å². The van der Waals surface area contributed by atoms with Crippen molar-refractivity contribution in [1.29, 1.82) is 0 Å². The van der Waals surface area contributed by atoms with Crippen molar-refractivity contribution in [3.8, 4) is 0 Å². The number of fused-ring (bicyclic) bond motifs is 2. The molecule has 4 rings (SSSR count). The third kappa shape index (κ3) is 3.45. The minimum absolute atomic E-state index is 0.180. The molecule has 1 unspecified atom stereocenters. The molecule has 3 aromatic rings. The van der Waals surface area contributed by atoms with Crippen LogP contribution in [0.2, 0.25) is 0 Å². The molecule has 1 aliphatic rings. The molecule has 30 heavy (non-hydrogen) atoms. The molecule has 0 fully saturated rings. The van der Waals surface area contributed by atoms with Crippen molar-refractivity contribution < 1.29 is 14.3 Å². The first-order valence-electron chi connectivity index (χ1n) is 9.89. The molecule has 0 bridgehead atoms. The first-order chi connectivity index (χ1) is 14.3. The van der Waals surface area contributed by atoms with E-state index in [9.17, 15) is 14.4 Å². The maximum Gasteiger partial charge on any atom is 0.341 e. The van der Waals surface area contributed by atoms with E-state index in [0.29, 0.717) is 37.1 Å². The second-order valence-corrected chi connectivity index (χ2v) is 9.73. The quantitative estimate of drug-likeness (QED) is 0.615. The van der Waals surface area contributed by atoms with Gasteiger partial charge in [0.2, 0.25) is 0 Å². The summed E-state index contributed by atoms with van der Waals surface area (Å²) in [5.41, 5.74) is 1.90. The predicted octanol–water partition coefficient (Wildman–Crippen LogP) is 3.92. The van der Waals surface area contributed by atoms with Crippen molar-refractivity contribution in [2.45, 2.75) is 40.0 Å². The van der Waals surface area contributed by atoms with Gasteiger partial charge in [0.05, 0.1) is 28.8 Å². The molecule has 0 saturated carbocycles. The van der Waals surface area contributed by atoms with Crippen molar-refractivity contribution >= 4 is 49.8 Å². The van der Waals surface area contributed by atoms with Crippen LogP contribution in [-0.2, 0) is 24.6 Å². The number of anilines is 1. The van der Waals surface area contributed by atoms with Crippen molar-refractivity contribution in [3.63, 3.8) is 0 Å². The van der Waals surface area contributed by atoms with E-state index in [1.54, 1.807) is 20.9 Å². The smallest absolute Gasteiger partial charge is 0.341 e. The summed E-state index contributed by atoms with van der Waals surface area (Å²) in [4.78, 5) is 44.6. The highest BCUT2D eigenvalue weighted by Gasteiger charge is 2.30. The number of carbonyl (C=O) groups excluding carboxylic acids is 2. The van der Waals surface area contributed by atoms with Crippen LogP contribution in [0, 0.1) is 12.8 Å². The highest BCUT2D eigenvalue weighted by Crippen LogP contribution is 2.40. The zero-order valence-electron chi connectivity index (χ0n) is 17.3. The number of ether oxygens (including phenoxy) is 1. The van der Waals surface area contributed by atoms with Gasteiger partial charge in [0.25, 0.3) is 11.5 Å². The van der Waals surface area contributed by atoms with Crippen LogP contribution in [0.1, 0.15) is 56.3 Å². The van der Waals surface area contributed by atoms with E-state index in [4.69, 9.17) is 4.74 Å². The molecule has 1 atom stereocenters. The molecule has 158 valence electrons. The number of nitrogens with one attached hydrogen (secondary N) is 1. The molecule has 0 aliphatic heterocycles. The number of esters is 1. The lowest BCUT2D eigenvalue weighted by molar-refractivity contribution is 0.0526. The Bertz CT molecular complexity index is 1220. The number of carbonyl (C=O) groups is 2. The Morgan fingerprint density at radius 1 is 1.37 bits per heavy atom. The lowest BCUT2D eigenvalue weighted by Gasteiger charge is -2.18. The number of aromatic nitrogens is 2. The summed E-state index contributed by atoms with van der Waals surface area (Å²) in [6.07, 6.45) is 4.16. The summed E-state index contributed by atoms with van der Waals surface area (Å²) in [6, 6.07) is 0. The van der Waals surface area contributed by atoms with Crippen LogP contribution in [0.3, 0.4) is 0 Å². The molecule has 9 heteroatoms. The van der Waals surface area contributed by atoms with Gasteiger partial charge in [-0.2, -0.15) is 0 Å². The van der Waals surface area contributed by atoms with Gasteiger partial charge in [-0.25, -0.2) is 9.78 Å². The van der Waals surface area contributed by atoms with Crippen molar-refractivity contribution in [2.24, 2.45) is 13.0 Å². The molecule has 1 aliphatic carbocycles. The van der Waals surface area contributed by atoms with Gasteiger partial charge in [-0.15, -0.1) is 22.7 Å². The summed E-state index contributed by atoms with van der Waals surface area (Å²) < 4.78 is 6.67. The highest BCUT2D eigenvalue weighted by molar-refractivity contribution is 7.21. The second kappa shape index (κ2) is 7.96. The first-order valence-corrected chi connectivity index (χ1v) is 11.5. The Morgan fingerprint density at radius 2 is 2.13 bits per heavy atom. The van der Waals surface area contributed by atoms with E-state index in [2.05, 4.69) is 17.2 Å². The van der Waals surface area contributed by atoms with Crippen LogP contribution in [-0.4, -0.2) is 28.0 Å². The number of aryl methyl sites for hydroxylation is 2. The van der Waals surface area contributed by atoms with Crippen LogP contribution in [0.5, 0.6) is 0 Å². The summed E-state index contributed by atoms with van der Waals surface area (Å²) in [5.74, 6) is -0.194. The number of hydrogen-bond donors (Lipinski definition) is 1. The number of rotatable bonds is 4. The van der Waals surface area contributed by atoms with Gasteiger partial charge >= 0.3 is 5.97 Å². The molecule has 0 spiro atoms. The third-order valence-electron chi connectivity index (χ3n) is 5.44. The molecule has 0 aromatic carbocycles. The fourth-order valence-electron chi connectivity index (χ4n) is 3.84. The minimum Gasteiger partial charge on any atom is -0.462 e. The summed E-state index contributed by atoms with van der Waals surface area (Å²) in [6.45, 7) is 5.99. The molecule has 0 radical (unpaired) electrons. The van der Waals surface area contributed by atoms with Gasteiger partial charge in [-0.05, 0) is 50.2 Å². The summed E-state index contributed by atoms with van der Waals surface area (Å²) in [7, 11) is 1.63. The fourth-order valence-corrected chi connectivity index (χ4v) is 6.27. The van der Waals surface area contributed by atoms with E-state index in [1.807, 2.05) is 0 Å². The Labute approximate surface area is 181 Å². The Hall–Kier alpha value is -2.52. The molecular weight excluding hydrogens is 422 g/mol. The zero-order chi connectivity index (χ0) is 21.6. The van der Waals surface area contributed by atoms with E-state index < -0.39 is 5.97 Å². The molecular formula is C21H23N3O4S2. The lowest BCUT2D eigenvalue weighted by atomic mass is 9.88. The number of nitrogens with zero attached hydrogens (tertiary/aromatic N) is 2. The fraction of sp³-hybridized carbons (Fsp3) is 0.429. The van der Waals surface area contributed by atoms with Crippen molar-refractivity contribution in [2.75, 3.05) is 11.9 Å². The molecule has 1 amide bonds. The van der Waals surface area contributed by atoms with E-state index in [0.717, 1.165) is 29.7 Å². The first kappa shape index (κ1) is 20.7. The average molecular weight is 446 g/mol. The SMILES string of the molecule is CCOC(=O)c1c(NC(=O)c2sc3ncn(C)c(=O)c3c2C)sc2c1CCC(C)C2. The third-order valence-corrected chi connectivity index (χ3v) is 7.80. The summed E-state index contributed by atoms with van der Waals surface area (Å²) >= 11 is 2.64. The Kier molecular flexibility index (Phi) is 5.50. The van der Waals surface area contributed by atoms with E-state index in [1.165, 1.54) is 33.6 Å². The standard InChI is InChI=1S/C21H23N3O4S2/c1-5-28-21(27)15-12-7-6-10(2)8-13(12)29-19(15)23-17(25)16-11(3)14-18(30-16)22-9-24(4)20(14)26/h9-10H,5-8H2,1-4H3,(H,23,25). The van der Waals surface area contributed by atoms with Crippen LogP contribution in [0.15, 0.2) is 11.1 Å². The predicted molar refractivity (Wildman–Crippen MR) is 119 cm³/mol. The molecule has 7 nitrogen and oxygen atoms in total. The molecule has 3 aromatic heterocycles. The van der Waals surface area contributed by atoms with Gasteiger partial charge in [-0.1, -0.05) is 6.92 Å². The highest BCUT2D eigenvalue weighted by atomic mass is 32.1. The zero-order valence-corrected chi connectivity index (χ0v) is 19.0. The largest absolute Gasteiger partial charge is 0.462 e. The number of amides is 1. The maximum atomic E-state index is 13.1. The summed E-state index contributed by atoms with van der Waals surface area (Å²) in [5, 5.41) is 3.91. The molecule has 3 heterocycles. The van der Waals surface area contributed by atoms with Crippen LogP contribution in [0.4, 0.5) is 5.00 Å². The average Bonchev–Trinajstić information content (AvgIpc) is 3.22. The van der Waals surface area contributed by atoms with Gasteiger partial charge in [-0.3, -0.25) is 9.59 Å². The number of thiophene rings is 2. The topological polar surface area (TPSA) is 90.3 Å². The van der Waals surface area contributed by atoms with Gasteiger partial charge in [0.1, 0.15) is 9.83 Å². The second-order valence-electron chi connectivity index (χ2n) is 7.63. The lowest BCUT2D eigenvalue weighted by Crippen LogP contribution is -2.18. The van der Waals surface area contributed by atoms with E-state index >= 15 is 0 Å². The molecule has 1 N–H and O–H groups in total. The Morgan fingerprint density at radius 3 is 2.87 bits per heavy atom.